The van der Waals surface area contributed by atoms with Crippen molar-refractivity contribution in [1.29, 1.82) is 0 Å². The molecule has 0 radical (unpaired) electrons. The van der Waals surface area contributed by atoms with E-state index in [0.717, 1.165) is 22.9 Å². The van der Waals surface area contributed by atoms with Crippen molar-refractivity contribution >= 4 is 31.5 Å². The van der Waals surface area contributed by atoms with E-state index in [1.165, 1.54) is 17.3 Å². The van der Waals surface area contributed by atoms with Gasteiger partial charge in [0.2, 0.25) is 10.0 Å². The Bertz CT molecular complexity index is 1340. The molecule has 2 aromatic rings. The first-order valence-electron chi connectivity index (χ1n) is 11.5. The van der Waals surface area contributed by atoms with Crippen molar-refractivity contribution in [1.82, 2.24) is 9.62 Å². The summed E-state index contributed by atoms with van der Waals surface area (Å²) in [4.78, 5) is 14.6. The lowest BCUT2D eigenvalue weighted by Crippen LogP contribution is -2.53. The highest BCUT2D eigenvalue weighted by molar-refractivity contribution is 7.93. The fourth-order valence-corrected chi connectivity index (χ4v) is 6.11. The summed E-state index contributed by atoms with van der Waals surface area (Å²) in [6, 6.07) is 13.6. The van der Waals surface area contributed by atoms with Gasteiger partial charge in [0.25, 0.3) is 5.91 Å². The third-order valence-corrected chi connectivity index (χ3v) is 8.69. The van der Waals surface area contributed by atoms with Crippen LogP contribution in [0.3, 0.4) is 0 Å². The van der Waals surface area contributed by atoms with Crippen molar-refractivity contribution in [3.05, 3.63) is 60.0 Å². The van der Waals surface area contributed by atoms with Gasteiger partial charge in [0.05, 0.1) is 4.90 Å². The number of rotatable bonds is 8. The Morgan fingerprint density at radius 1 is 1.08 bits per heavy atom. The molecule has 0 spiro atoms. The molecule has 11 heteroatoms. The summed E-state index contributed by atoms with van der Waals surface area (Å²) in [7, 11) is -3.61. The number of benzene rings is 2. The van der Waals surface area contributed by atoms with Crippen LogP contribution in [0.1, 0.15) is 19.8 Å². The number of carbonyl (C=O) groups is 1. The summed E-state index contributed by atoms with van der Waals surface area (Å²) in [5.41, 5.74) is -0.129. The highest BCUT2D eigenvalue weighted by atomic mass is 32.2. The SMILES string of the molecule is C[C@H](/C=C\S(C)(=O)=O)NC(=O)C1(F)CCN(S(=O)(=O)c2ccc(N(C)C)cc2-c2ccccc2)CC1. The molecule has 1 saturated heterocycles. The largest absolute Gasteiger partial charge is 0.378 e. The van der Waals surface area contributed by atoms with Crippen LogP contribution in [-0.2, 0) is 24.7 Å². The number of halogens is 1. The van der Waals surface area contributed by atoms with E-state index in [1.54, 1.807) is 12.1 Å². The molecule has 1 heterocycles. The van der Waals surface area contributed by atoms with E-state index in [4.69, 9.17) is 0 Å². The van der Waals surface area contributed by atoms with Crippen LogP contribution in [0.4, 0.5) is 10.1 Å². The van der Waals surface area contributed by atoms with Gasteiger partial charge in [0, 0.05) is 69.0 Å². The molecule has 0 saturated carbocycles. The molecule has 1 atom stereocenters. The summed E-state index contributed by atoms with van der Waals surface area (Å²) < 4.78 is 66.4. The molecule has 8 nitrogen and oxygen atoms in total. The number of hydrogen-bond donors (Lipinski definition) is 1. The number of piperidine rings is 1. The predicted octanol–water partition coefficient (Wildman–Crippen LogP) is 2.98. The van der Waals surface area contributed by atoms with Crippen LogP contribution in [0, 0.1) is 0 Å². The topological polar surface area (TPSA) is 104 Å². The Morgan fingerprint density at radius 3 is 2.25 bits per heavy atom. The number of hydrogen-bond acceptors (Lipinski definition) is 6. The standard InChI is InChI=1S/C25H32FN3O5S2/c1-19(12-17-35(4,31)32)27-24(30)25(26)13-15-29(16-14-25)36(33,34)23-11-10-21(28(2)3)18-22(23)20-8-6-5-7-9-20/h5-12,17-19H,13-16H2,1-4H3,(H,27,30)/b17-12-/t19-/m1/s1. The van der Waals surface area contributed by atoms with Gasteiger partial charge in [0.1, 0.15) is 0 Å². The first-order valence-corrected chi connectivity index (χ1v) is 14.9. The maximum absolute atomic E-state index is 15.5. The van der Waals surface area contributed by atoms with Gasteiger partial charge in [-0.15, -0.1) is 0 Å². The van der Waals surface area contributed by atoms with Gasteiger partial charge in [0.15, 0.2) is 15.5 Å². The van der Waals surface area contributed by atoms with Crippen molar-refractivity contribution in [2.24, 2.45) is 0 Å². The molecular formula is C25H32FN3O5S2. The van der Waals surface area contributed by atoms with Gasteiger partial charge in [-0.05, 0) is 30.7 Å². The van der Waals surface area contributed by atoms with E-state index in [1.807, 2.05) is 55.4 Å². The number of carbonyl (C=O) groups excluding carboxylic acids is 1. The van der Waals surface area contributed by atoms with Crippen LogP contribution in [-0.4, -0.2) is 72.2 Å². The van der Waals surface area contributed by atoms with Crippen LogP contribution in [0.5, 0.6) is 0 Å². The number of alkyl halides is 1. The molecule has 1 N–H and O–H groups in total. The zero-order valence-electron chi connectivity index (χ0n) is 20.8. The summed E-state index contributed by atoms with van der Waals surface area (Å²) in [6.45, 7) is 1.21. The zero-order valence-corrected chi connectivity index (χ0v) is 22.4. The van der Waals surface area contributed by atoms with E-state index < -0.39 is 37.5 Å². The van der Waals surface area contributed by atoms with E-state index in [9.17, 15) is 21.6 Å². The highest BCUT2D eigenvalue weighted by Gasteiger charge is 2.44. The number of sulfone groups is 1. The molecule has 2 aromatic carbocycles. The summed E-state index contributed by atoms with van der Waals surface area (Å²) in [6.07, 6.45) is 1.66. The number of anilines is 1. The lowest BCUT2D eigenvalue weighted by atomic mass is 9.93. The molecule has 3 rings (SSSR count). The van der Waals surface area contributed by atoms with Crippen LogP contribution < -0.4 is 10.2 Å². The second-order valence-electron chi connectivity index (χ2n) is 9.23. The maximum Gasteiger partial charge on any atom is 0.258 e. The summed E-state index contributed by atoms with van der Waals surface area (Å²) in [5.74, 6) is -0.884. The predicted molar refractivity (Wildman–Crippen MR) is 140 cm³/mol. The molecule has 1 amide bonds. The quantitative estimate of drug-likeness (QED) is 0.555. The normalized spacial score (nSPS) is 17.6. The zero-order chi connectivity index (χ0) is 26.7. The van der Waals surface area contributed by atoms with Gasteiger partial charge in [-0.25, -0.2) is 21.2 Å². The number of sulfonamides is 1. The molecule has 0 aliphatic carbocycles. The molecule has 1 aliphatic rings. The fraction of sp³-hybridized carbons (Fsp3) is 0.400. The molecular weight excluding hydrogens is 505 g/mol. The van der Waals surface area contributed by atoms with Gasteiger partial charge in [-0.2, -0.15) is 4.31 Å². The van der Waals surface area contributed by atoms with E-state index in [-0.39, 0.29) is 30.8 Å². The Kier molecular flexibility index (Phi) is 8.27. The van der Waals surface area contributed by atoms with Crippen molar-refractivity contribution < 1.29 is 26.0 Å². The van der Waals surface area contributed by atoms with Crippen LogP contribution >= 0.6 is 0 Å². The van der Waals surface area contributed by atoms with Gasteiger partial charge in [-0.3, -0.25) is 4.79 Å². The second kappa shape index (κ2) is 10.7. The Hall–Kier alpha value is -2.76. The number of amides is 1. The lowest BCUT2D eigenvalue weighted by Gasteiger charge is -2.35. The van der Waals surface area contributed by atoms with Gasteiger partial charge < -0.3 is 10.2 Å². The van der Waals surface area contributed by atoms with Crippen molar-refractivity contribution in [2.75, 3.05) is 38.3 Å². The molecule has 1 fully saturated rings. The Morgan fingerprint density at radius 2 is 1.69 bits per heavy atom. The van der Waals surface area contributed by atoms with E-state index in [0.29, 0.717) is 5.56 Å². The van der Waals surface area contributed by atoms with Crippen molar-refractivity contribution in [3.8, 4) is 11.1 Å². The molecule has 0 unspecified atom stereocenters. The van der Waals surface area contributed by atoms with Gasteiger partial charge >= 0.3 is 0 Å². The van der Waals surface area contributed by atoms with E-state index in [2.05, 4.69) is 5.32 Å². The number of nitrogens with zero attached hydrogens (tertiary/aromatic N) is 2. The van der Waals surface area contributed by atoms with Crippen LogP contribution in [0.15, 0.2) is 64.9 Å². The average molecular weight is 538 g/mol. The molecule has 1 aliphatic heterocycles. The van der Waals surface area contributed by atoms with Crippen molar-refractivity contribution in [3.63, 3.8) is 0 Å². The minimum Gasteiger partial charge on any atom is -0.378 e. The maximum atomic E-state index is 15.5. The second-order valence-corrected chi connectivity index (χ2v) is 13.1. The lowest BCUT2D eigenvalue weighted by molar-refractivity contribution is -0.135. The third-order valence-electron chi connectivity index (χ3n) is 6.08. The minimum atomic E-state index is -3.97. The smallest absolute Gasteiger partial charge is 0.258 e. The molecule has 196 valence electrons. The monoisotopic (exact) mass is 537 g/mol. The number of nitrogens with one attached hydrogen (secondary N) is 1. The summed E-state index contributed by atoms with van der Waals surface area (Å²) >= 11 is 0. The first-order chi connectivity index (χ1) is 16.7. The Balaban J connectivity index is 1.80. The van der Waals surface area contributed by atoms with E-state index >= 15 is 4.39 Å². The minimum absolute atomic E-state index is 0.120. The molecule has 36 heavy (non-hydrogen) atoms. The summed E-state index contributed by atoms with van der Waals surface area (Å²) in [5, 5.41) is 3.41. The van der Waals surface area contributed by atoms with Crippen LogP contribution in [0.25, 0.3) is 11.1 Å². The molecule has 0 aromatic heterocycles. The average Bonchev–Trinajstić information content (AvgIpc) is 2.82. The Labute approximate surface area is 212 Å². The van der Waals surface area contributed by atoms with Gasteiger partial charge in [-0.1, -0.05) is 36.4 Å². The fourth-order valence-electron chi connectivity index (χ4n) is 3.96. The third kappa shape index (κ3) is 6.51. The van der Waals surface area contributed by atoms with Crippen molar-refractivity contribution in [2.45, 2.75) is 36.4 Å². The highest BCUT2D eigenvalue weighted by Crippen LogP contribution is 2.35. The van der Waals surface area contributed by atoms with Crippen LogP contribution in [0.2, 0.25) is 0 Å². The first kappa shape index (κ1) is 27.8. The molecule has 0 bridgehead atoms.